The van der Waals surface area contributed by atoms with Gasteiger partial charge in [-0.2, -0.15) is 0 Å². The molecule has 12 heavy (non-hydrogen) atoms. The van der Waals surface area contributed by atoms with Crippen molar-refractivity contribution in [3.05, 3.63) is 24.3 Å². The van der Waals surface area contributed by atoms with Crippen molar-refractivity contribution in [1.82, 2.24) is 0 Å². The van der Waals surface area contributed by atoms with E-state index in [0.717, 1.165) is 0 Å². The molecular formula is C9H12O3. The summed E-state index contributed by atoms with van der Waals surface area (Å²) in [5.41, 5.74) is -1.03. The lowest BCUT2D eigenvalue weighted by Crippen LogP contribution is -2.25. The Morgan fingerprint density at radius 1 is 1.33 bits per heavy atom. The molecule has 0 unspecified atom stereocenters. The Balaban J connectivity index is 2.55. The zero-order valence-corrected chi connectivity index (χ0v) is 6.73. The van der Waals surface area contributed by atoms with Crippen LogP contribution in [0, 0.1) is 0 Å². The van der Waals surface area contributed by atoms with Crippen molar-refractivity contribution in [3.8, 4) is 0 Å². The quantitative estimate of drug-likeness (QED) is 0.632. The van der Waals surface area contributed by atoms with Crippen LogP contribution >= 0.6 is 0 Å². The molecule has 0 aromatic rings. The van der Waals surface area contributed by atoms with E-state index in [0.29, 0.717) is 12.8 Å². The minimum atomic E-state index is -1.03. The predicted octanol–water partition coefficient (Wildman–Crippen LogP) is 0.185. The third-order valence-electron chi connectivity index (χ3n) is 1.81. The van der Waals surface area contributed by atoms with Crippen LogP contribution in [0.1, 0.15) is 12.8 Å². The van der Waals surface area contributed by atoms with Crippen LogP contribution in [-0.4, -0.2) is 28.2 Å². The highest BCUT2D eigenvalue weighted by Crippen LogP contribution is 2.19. The van der Waals surface area contributed by atoms with Gasteiger partial charge in [0.15, 0.2) is 5.78 Å². The predicted molar refractivity (Wildman–Crippen MR) is 44.6 cm³/mol. The van der Waals surface area contributed by atoms with Gasteiger partial charge in [0.05, 0.1) is 0 Å². The van der Waals surface area contributed by atoms with E-state index in [1.165, 1.54) is 24.3 Å². The standard InChI is InChI=1S/C9H12O3/c10-7-1-4-9(12)5-2-8(11)3-6-9/h2-3,5-6,10,12H,1,4,7H2. The second-order valence-electron chi connectivity index (χ2n) is 2.89. The Morgan fingerprint density at radius 3 is 2.42 bits per heavy atom. The molecule has 1 aliphatic rings. The molecule has 0 spiro atoms. The molecule has 0 bridgehead atoms. The average molecular weight is 168 g/mol. The highest BCUT2D eigenvalue weighted by atomic mass is 16.3. The van der Waals surface area contributed by atoms with Crippen LogP contribution in [0.3, 0.4) is 0 Å². The molecule has 0 amide bonds. The molecule has 3 nitrogen and oxygen atoms in total. The summed E-state index contributed by atoms with van der Waals surface area (Å²) in [5, 5.41) is 18.2. The van der Waals surface area contributed by atoms with Crippen molar-refractivity contribution < 1.29 is 15.0 Å². The molecule has 66 valence electrons. The van der Waals surface area contributed by atoms with Gasteiger partial charge >= 0.3 is 0 Å². The van der Waals surface area contributed by atoms with Gasteiger partial charge in [-0.1, -0.05) is 0 Å². The molecule has 0 fully saturated rings. The Hall–Kier alpha value is -0.930. The number of hydrogen-bond donors (Lipinski definition) is 2. The fourth-order valence-corrected chi connectivity index (χ4v) is 1.09. The van der Waals surface area contributed by atoms with E-state index in [-0.39, 0.29) is 12.4 Å². The van der Waals surface area contributed by atoms with E-state index in [1.54, 1.807) is 0 Å². The summed E-state index contributed by atoms with van der Waals surface area (Å²) < 4.78 is 0. The number of hydrogen-bond acceptors (Lipinski definition) is 3. The molecule has 0 saturated carbocycles. The second-order valence-corrected chi connectivity index (χ2v) is 2.89. The SMILES string of the molecule is O=C1C=CC(O)(CCCO)C=C1. The van der Waals surface area contributed by atoms with Gasteiger partial charge in [-0.3, -0.25) is 4.79 Å². The maximum atomic E-state index is 10.7. The highest BCUT2D eigenvalue weighted by molar-refractivity contribution is 6.00. The zero-order valence-electron chi connectivity index (χ0n) is 6.73. The van der Waals surface area contributed by atoms with E-state index in [2.05, 4.69) is 0 Å². The van der Waals surface area contributed by atoms with E-state index in [4.69, 9.17) is 5.11 Å². The number of allylic oxidation sites excluding steroid dienone is 2. The summed E-state index contributed by atoms with van der Waals surface area (Å²) in [6, 6.07) is 0. The third-order valence-corrected chi connectivity index (χ3v) is 1.81. The molecule has 0 radical (unpaired) electrons. The molecule has 0 aromatic carbocycles. The first kappa shape index (κ1) is 9.16. The van der Waals surface area contributed by atoms with Gasteiger partial charge in [0, 0.05) is 6.61 Å². The number of rotatable bonds is 3. The third kappa shape index (κ3) is 2.29. The van der Waals surface area contributed by atoms with Crippen LogP contribution in [0.15, 0.2) is 24.3 Å². The summed E-state index contributed by atoms with van der Waals surface area (Å²) in [4.78, 5) is 10.7. The minimum Gasteiger partial charge on any atom is -0.396 e. The lowest BCUT2D eigenvalue weighted by molar-refractivity contribution is -0.110. The summed E-state index contributed by atoms with van der Waals surface area (Å²) in [7, 11) is 0. The van der Waals surface area contributed by atoms with Crippen molar-refractivity contribution in [2.24, 2.45) is 0 Å². The van der Waals surface area contributed by atoms with Gasteiger partial charge in [0.1, 0.15) is 5.60 Å². The highest BCUT2D eigenvalue weighted by Gasteiger charge is 2.21. The monoisotopic (exact) mass is 168 g/mol. The number of aliphatic hydroxyl groups excluding tert-OH is 1. The molecule has 0 aliphatic heterocycles. The molecule has 3 heteroatoms. The van der Waals surface area contributed by atoms with Gasteiger partial charge in [-0.25, -0.2) is 0 Å². The zero-order chi connectivity index (χ0) is 9.03. The lowest BCUT2D eigenvalue weighted by atomic mass is 9.93. The Morgan fingerprint density at radius 2 is 1.92 bits per heavy atom. The molecule has 1 aliphatic carbocycles. The summed E-state index contributed by atoms with van der Waals surface area (Å²) in [6.45, 7) is 0.0535. The van der Waals surface area contributed by atoms with Crippen LogP contribution in [0.4, 0.5) is 0 Å². The first-order valence-corrected chi connectivity index (χ1v) is 3.92. The number of ketones is 1. The fourth-order valence-electron chi connectivity index (χ4n) is 1.09. The van der Waals surface area contributed by atoms with Gasteiger partial charge < -0.3 is 10.2 Å². The minimum absolute atomic E-state index is 0.0535. The molecule has 0 saturated heterocycles. The lowest BCUT2D eigenvalue weighted by Gasteiger charge is -2.21. The molecule has 1 rings (SSSR count). The van der Waals surface area contributed by atoms with Crippen molar-refractivity contribution in [1.29, 1.82) is 0 Å². The summed E-state index contributed by atoms with van der Waals surface area (Å²) in [6.07, 6.45) is 6.59. The van der Waals surface area contributed by atoms with Gasteiger partial charge in [0.25, 0.3) is 0 Å². The fraction of sp³-hybridized carbons (Fsp3) is 0.444. The van der Waals surface area contributed by atoms with Crippen LogP contribution in [0.2, 0.25) is 0 Å². The van der Waals surface area contributed by atoms with Crippen molar-refractivity contribution in [2.45, 2.75) is 18.4 Å². The van der Waals surface area contributed by atoms with Gasteiger partial charge in [-0.15, -0.1) is 0 Å². The van der Waals surface area contributed by atoms with Crippen molar-refractivity contribution in [3.63, 3.8) is 0 Å². The van der Waals surface area contributed by atoms with Crippen molar-refractivity contribution in [2.75, 3.05) is 6.61 Å². The molecule has 0 atom stereocenters. The first-order chi connectivity index (χ1) is 5.66. The largest absolute Gasteiger partial charge is 0.396 e. The first-order valence-electron chi connectivity index (χ1n) is 3.92. The van der Waals surface area contributed by atoms with E-state index >= 15 is 0 Å². The number of aliphatic hydroxyl groups is 2. The smallest absolute Gasteiger partial charge is 0.178 e. The molecule has 0 heterocycles. The normalized spacial score (nSPS) is 20.0. The van der Waals surface area contributed by atoms with Crippen LogP contribution in [-0.2, 0) is 4.79 Å². The Kier molecular flexibility index (Phi) is 2.78. The van der Waals surface area contributed by atoms with Crippen LogP contribution in [0.5, 0.6) is 0 Å². The topological polar surface area (TPSA) is 57.5 Å². The maximum absolute atomic E-state index is 10.7. The molecule has 2 N–H and O–H groups in total. The molecule has 0 aromatic heterocycles. The number of carbonyl (C=O) groups is 1. The van der Waals surface area contributed by atoms with Gasteiger partial charge in [0.2, 0.25) is 0 Å². The van der Waals surface area contributed by atoms with Crippen molar-refractivity contribution >= 4 is 5.78 Å². The van der Waals surface area contributed by atoms with E-state index in [9.17, 15) is 9.90 Å². The summed E-state index contributed by atoms with van der Waals surface area (Å²) >= 11 is 0. The Labute approximate surface area is 71.0 Å². The average Bonchev–Trinajstić information content (AvgIpc) is 2.08. The van der Waals surface area contributed by atoms with Crippen LogP contribution in [0.25, 0.3) is 0 Å². The Bertz CT molecular complexity index is 212. The van der Waals surface area contributed by atoms with E-state index < -0.39 is 5.60 Å². The second kappa shape index (κ2) is 3.65. The maximum Gasteiger partial charge on any atom is 0.178 e. The van der Waals surface area contributed by atoms with Gasteiger partial charge in [-0.05, 0) is 37.1 Å². The van der Waals surface area contributed by atoms with Crippen LogP contribution < -0.4 is 0 Å². The number of carbonyl (C=O) groups excluding carboxylic acids is 1. The molecular weight excluding hydrogens is 156 g/mol. The summed E-state index contributed by atoms with van der Waals surface area (Å²) in [5.74, 6) is -0.108. The van der Waals surface area contributed by atoms with E-state index in [1.807, 2.05) is 0 Å².